The van der Waals surface area contributed by atoms with Gasteiger partial charge >= 0.3 is 0 Å². The van der Waals surface area contributed by atoms with Gasteiger partial charge in [0.2, 0.25) is 5.91 Å². The zero-order valence-electron chi connectivity index (χ0n) is 10.5. The van der Waals surface area contributed by atoms with Crippen molar-refractivity contribution in [1.29, 1.82) is 0 Å². The van der Waals surface area contributed by atoms with Gasteiger partial charge in [-0.2, -0.15) is 0 Å². The number of hydrogen-bond acceptors (Lipinski definition) is 2. The molecule has 0 saturated carbocycles. The number of halogens is 1. The van der Waals surface area contributed by atoms with Crippen LogP contribution in [-0.2, 0) is 4.79 Å². The molecular formula is C13H19FN2O. The Morgan fingerprint density at radius 2 is 2.06 bits per heavy atom. The van der Waals surface area contributed by atoms with Crippen molar-refractivity contribution in [3.63, 3.8) is 0 Å². The van der Waals surface area contributed by atoms with Crippen molar-refractivity contribution in [3.05, 3.63) is 35.1 Å². The van der Waals surface area contributed by atoms with Crippen molar-refractivity contribution < 1.29 is 9.18 Å². The van der Waals surface area contributed by atoms with Crippen LogP contribution in [0.2, 0.25) is 0 Å². The fraction of sp³-hybridized carbons (Fsp3) is 0.462. The Morgan fingerprint density at radius 3 is 2.53 bits per heavy atom. The first-order valence-electron chi connectivity index (χ1n) is 5.55. The Balaban J connectivity index is 2.87. The third kappa shape index (κ3) is 3.27. The molecule has 4 N–H and O–H groups in total. The Kier molecular flexibility index (Phi) is 3.88. The molecule has 0 heterocycles. The van der Waals surface area contributed by atoms with Gasteiger partial charge < -0.3 is 11.5 Å². The molecular weight excluding hydrogens is 219 g/mol. The van der Waals surface area contributed by atoms with Gasteiger partial charge in [-0.3, -0.25) is 4.79 Å². The van der Waals surface area contributed by atoms with E-state index in [0.29, 0.717) is 12.0 Å². The van der Waals surface area contributed by atoms with Crippen LogP contribution in [-0.4, -0.2) is 5.91 Å². The van der Waals surface area contributed by atoms with Crippen LogP contribution >= 0.6 is 0 Å². The van der Waals surface area contributed by atoms with Crippen molar-refractivity contribution in [2.24, 2.45) is 16.9 Å². The van der Waals surface area contributed by atoms with E-state index in [-0.39, 0.29) is 17.8 Å². The van der Waals surface area contributed by atoms with Crippen LogP contribution < -0.4 is 11.5 Å². The van der Waals surface area contributed by atoms with Gasteiger partial charge in [-0.1, -0.05) is 26.0 Å². The van der Waals surface area contributed by atoms with Crippen molar-refractivity contribution in [1.82, 2.24) is 0 Å². The fourth-order valence-corrected chi connectivity index (χ4v) is 1.67. The highest BCUT2D eigenvalue weighted by Gasteiger charge is 2.28. The van der Waals surface area contributed by atoms with Gasteiger partial charge in [0.05, 0.1) is 0 Å². The van der Waals surface area contributed by atoms with Gasteiger partial charge in [0.1, 0.15) is 5.82 Å². The highest BCUT2D eigenvalue weighted by molar-refractivity contribution is 5.79. The van der Waals surface area contributed by atoms with Gasteiger partial charge in [0.15, 0.2) is 0 Å². The Morgan fingerprint density at radius 1 is 1.47 bits per heavy atom. The lowest BCUT2D eigenvalue weighted by Crippen LogP contribution is -2.34. The van der Waals surface area contributed by atoms with Gasteiger partial charge in [-0.05, 0) is 30.5 Å². The second kappa shape index (κ2) is 4.84. The second-order valence-electron chi connectivity index (χ2n) is 5.07. The zero-order valence-corrected chi connectivity index (χ0v) is 10.5. The number of carbonyl (C=O) groups is 1. The molecule has 0 aromatic heterocycles. The van der Waals surface area contributed by atoms with Crippen molar-refractivity contribution >= 4 is 5.91 Å². The first kappa shape index (κ1) is 13.6. The van der Waals surface area contributed by atoms with Crippen LogP contribution in [0.15, 0.2) is 18.2 Å². The van der Waals surface area contributed by atoms with Crippen LogP contribution in [0.5, 0.6) is 0 Å². The Labute approximate surface area is 101 Å². The molecule has 1 unspecified atom stereocenters. The quantitative estimate of drug-likeness (QED) is 0.842. The van der Waals surface area contributed by atoms with Crippen LogP contribution in [0.1, 0.15) is 37.4 Å². The molecule has 1 rings (SSSR count). The summed E-state index contributed by atoms with van der Waals surface area (Å²) in [6.07, 6.45) is 0.438. The zero-order chi connectivity index (χ0) is 13.2. The monoisotopic (exact) mass is 238 g/mol. The molecule has 0 saturated heterocycles. The van der Waals surface area contributed by atoms with Crippen molar-refractivity contribution in [3.8, 4) is 0 Å². The van der Waals surface area contributed by atoms with E-state index in [4.69, 9.17) is 11.5 Å². The summed E-state index contributed by atoms with van der Waals surface area (Å²) in [7, 11) is 0. The molecule has 3 nitrogen and oxygen atoms in total. The molecule has 0 fully saturated rings. The summed E-state index contributed by atoms with van der Waals surface area (Å²) < 4.78 is 13.1. The maximum atomic E-state index is 13.1. The number of primary amides is 1. The molecule has 0 aliphatic rings. The van der Waals surface area contributed by atoms with Gasteiger partial charge in [0.25, 0.3) is 0 Å². The first-order chi connectivity index (χ1) is 7.74. The summed E-state index contributed by atoms with van der Waals surface area (Å²) in [5.74, 6) is -0.637. The molecule has 1 atom stereocenters. The highest BCUT2D eigenvalue weighted by atomic mass is 19.1. The summed E-state index contributed by atoms with van der Waals surface area (Å²) in [5, 5.41) is 0. The maximum Gasteiger partial charge on any atom is 0.223 e. The molecule has 1 amide bonds. The molecule has 0 spiro atoms. The van der Waals surface area contributed by atoms with E-state index >= 15 is 0 Å². The van der Waals surface area contributed by atoms with E-state index in [1.807, 2.05) is 0 Å². The van der Waals surface area contributed by atoms with E-state index in [1.54, 1.807) is 32.9 Å². The fourth-order valence-electron chi connectivity index (χ4n) is 1.67. The minimum absolute atomic E-state index is 0.255. The first-order valence-corrected chi connectivity index (χ1v) is 5.55. The second-order valence-corrected chi connectivity index (χ2v) is 5.07. The number of amides is 1. The molecule has 1 aromatic rings. The summed E-state index contributed by atoms with van der Waals surface area (Å²) in [4.78, 5) is 11.2. The van der Waals surface area contributed by atoms with E-state index in [9.17, 15) is 9.18 Å². The third-order valence-corrected chi connectivity index (χ3v) is 3.01. The Hall–Kier alpha value is -1.42. The standard InChI is InChI=1S/C13H19FN2O/c1-8-6-9(4-5-10(8)14)11(15)7-13(2,3)12(16)17/h4-6,11H,7,15H2,1-3H3,(H2,16,17). The van der Waals surface area contributed by atoms with E-state index < -0.39 is 5.41 Å². The number of rotatable bonds is 4. The number of aryl methyl sites for hydroxylation is 1. The summed E-state index contributed by atoms with van der Waals surface area (Å²) in [5.41, 5.74) is 12.0. The van der Waals surface area contributed by atoms with E-state index in [2.05, 4.69) is 0 Å². The minimum atomic E-state index is -0.665. The largest absolute Gasteiger partial charge is 0.369 e. The molecule has 94 valence electrons. The summed E-state index contributed by atoms with van der Waals surface area (Å²) in [6.45, 7) is 5.20. The van der Waals surface area contributed by atoms with Gasteiger partial charge in [0, 0.05) is 11.5 Å². The third-order valence-electron chi connectivity index (χ3n) is 3.01. The van der Waals surface area contributed by atoms with E-state index in [0.717, 1.165) is 5.56 Å². The topological polar surface area (TPSA) is 69.1 Å². The predicted octanol–water partition coefficient (Wildman–Crippen LogP) is 2.04. The Bertz CT molecular complexity index is 429. The lowest BCUT2D eigenvalue weighted by Gasteiger charge is -2.24. The molecule has 0 bridgehead atoms. The lowest BCUT2D eigenvalue weighted by molar-refractivity contribution is -0.126. The molecule has 4 heteroatoms. The van der Waals surface area contributed by atoms with Crippen LogP contribution in [0.25, 0.3) is 0 Å². The minimum Gasteiger partial charge on any atom is -0.369 e. The normalized spacial score (nSPS) is 13.5. The highest BCUT2D eigenvalue weighted by Crippen LogP contribution is 2.28. The number of benzene rings is 1. The molecule has 0 aliphatic heterocycles. The summed E-state index contributed by atoms with van der Waals surface area (Å²) >= 11 is 0. The SMILES string of the molecule is Cc1cc(C(N)CC(C)(C)C(N)=O)ccc1F. The lowest BCUT2D eigenvalue weighted by atomic mass is 9.83. The molecule has 0 aliphatic carbocycles. The van der Waals surface area contributed by atoms with E-state index in [1.165, 1.54) is 6.07 Å². The predicted molar refractivity (Wildman–Crippen MR) is 65.7 cm³/mol. The van der Waals surface area contributed by atoms with Gasteiger partial charge in [-0.25, -0.2) is 4.39 Å². The van der Waals surface area contributed by atoms with Gasteiger partial charge in [-0.15, -0.1) is 0 Å². The number of nitrogens with two attached hydrogens (primary N) is 2. The maximum absolute atomic E-state index is 13.1. The summed E-state index contributed by atoms with van der Waals surface area (Å²) in [6, 6.07) is 4.42. The molecule has 1 aromatic carbocycles. The number of hydrogen-bond donors (Lipinski definition) is 2. The van der Waals surface area contributed by atoms with Crippen molar-refractivity contribution in [2.75, 3.05) is 0 Å². The smallest absolute Gasteiger partial charge is 0.223 e. The average Bonchev–Trinajstić information content (AvgIpc) is 2.21. The average molecular weight is 238 g/mol. The van der Waals surface area contributed by atoms with Crippen molar-refractivity contribution in [2.45, 2.75) is 33.2 Å². The van der Waals surface area contributed by atoms with Crippen LogP contribution in [0.3, 0.4) is 0 Å². The van der Waals surface area contributed by atoms with Crippen LogP contribution in [0, 0.1) is 18.2 Å². The molecule has 17 heavy (non-hydrogen) atoms. The molecule has 0 radical (unpaired) electrons. The van der Waals surface area contributed by atoms with Crippen LogP contribution in [0.4, 0.5) is 4.39 Å². The number of carbonyl (C=O) groups excluding carboxylic acids is 1.